The number of halogens is 1. The van der Waals surface area contributed by atoms with Crippen LogP contribution < -0.4 is 11.0 Å². The molecule has 0 bridgehead atoms. The van der Waals surface area contributed by atoms with Crippen LogP contribution in [-0.4, -0.2) is 15.1 Å². The molecule has 1 aromatic carbocycles. The van der Waals surface area contributed by atoms with Crippen molar-refractivity contribution in [1.82, 2.24) is 15.1 Å². The Bertz CT molecular complexity index is 811. The Balaban J connectivity index is 1.91. The van der Waals surface area contributed by atoms with E-state index in [1.807, 2.05) is 26.0 Å². The molecule has 0 aliphatic rings. The molecule has 7 heteroatoms. The van der Waals surface area contributed by atoms with E-state index in [9.17, 15) is 4.79 Å². The van der Waals surface area contributed by atoms with Gasteiger partial charge in [0, 0.05) is 16.6 Å². The summed E-state index contributed by atoms with van der Waals surface area (Å²) in [5.41, 5.74) is 4.13. The maximum Gasteiger partial charge on any atom is 0.323 e. The van der Waals surface area contributed by atoms with Crippen molar-refractivity contribution in [2.24, 2.45) is 0 Å². The third-order valence-corrected chi connectivity index (χ3v) is 3.90. The zero-order valence-corrected chi connectivity index (χ0v) is 12.6. The fourth-order valence-electron chi connectivity index (χ4n) is 2.13. The van der Waals surface area contributed by atoms with Gasteiger partial charge < -0.3 is 19.8 Å². The Morgan fingerprint density at radius 3 is 2.65 bits per heavy atom. The van der Waals surface area contributed by atoms with Crippen molar-refractivity contribution in [2.75, 3.05) is 5.32 Å². The lowest BCUT2D eigenvalue weighted by molar-refractivity contribution is 0.392. The number of hydrogen-bond donors (Lipinski definition) is 3. The summed E-state index contributed by atoms with van der Waals surface area (Å²) in [4.78, 5) is 16.7. The number of nitrogens with zero attached hydrogens (tertiary/aromatic N) is 1. The fourth-order valence-corrected chi connectivity index (χ4v) is 2.61. The number of fused-ring (bicyclic) bond motifs is 1. The molecule has 104 valence electrons. The van der Waals surface area contributed by atoms with Crippen LogP contribution in [-0.2, 0) is 6.54 Å². The van der Waals surface area contributed by atoms with Crippen molar-refractivity contribution in [2.45, 2.75) is 20.4 Å². The third kappa shape index (κ3) is 2.24. The van der Waals surface area contributed by atoms with Crippen LogP contribution in [0.2, 0.25) is 0 Å². The second-order valence-electron chi connectivity index (χ2n) is 4.61. The summed E-state index contributed by atoms with van der Waals surface area (Å²) in [5, 5.41) is 7.24. The predicted octanol–water partition coefficient (Wildman–Crippen LogP) is 2.84. The Morgan fingerprint density at radius 2 is 2.00 bits per heavy atom. The highest BCUT2D eigenvalue weighted by Gasteiger charge is 2.10. The molecule has 20 heavy (non-hydrogen) atoms. The van der Waals surface area contributed by atoms with Gasteiger partial charge in [-0.05, 0) is 41.9 Å². The molecule has 6 nitrogen and oxygen atoms in total. The maximum absolute atomic E-state index is 11.3. The molecule has 0 aliphatic carbocycles. The Kier molecular flexibility index (Phi) is 3.13. The molecule has 0 amide bonds. The van der Waals surface area contributed by atoms with Crippen LogP contribution >= 0.6 is 15.9 Å². The lowest BCUT2D eigenvalue weighted by Gasteiger charge is -2.08. The Labute approximate surface area is 122 Å². The second-order valence-corrected chi connectivity index (χ2v) is 5.47. The largest absolute Gasteiger partial charge is 0.380 e. The van der Waals surface area contributed by atoms with Crippen molar-refractivity contribution < 1.29 is 4.52 Å². The number of rotatable bonds is 3. The van der Waals surface area contributed by atoms with Gasteiger partial charge in [0.1, 0.15) is 5.76 Å². The first-order chi connectivity index (χ1) is 9.54. The van der Waals surface area contributed by atoms with Crippen molar-refractivity contribution in [1.29, 1.82) is 0 Å². The second kappa shape index (κ2) is 4.82. The first kappa shape index (κ1) is 13.0. The van der Waals surface area contributed by atoms with Gasteiger partial charge in [-0.3, -0.25) is 0 Å². The van der Waals surface area contributed by atoms with Gasteiger partial charge in [-0.15, -0.1) is 0 Å². The Hall–Kier alpha value is -2.02. The lowest BCUT2D eigenvalue weighted by Crippen LogP contribution is -2.02. The predicted molar refractivity (Wildman–Crippen MR) is 79.9 cm³/mol. The molecule has 2 heterocycles. The van der Waals surface area contributed by atoms with Crippen molar-refractivity contribution in [3.8, 4) is 0 Å². The first-order valence-corrected chi connectivity index (χ1v) is 6.91. The molecule has 0 radical (unpaired) electrons. The van der Waals surface area contributed by atoms with Crippen LogP contribution in [0.3, 0.4) is 0 Å². The lowest BCUT2D eigenvalue weighted by atomic mass is 10.2. The molecular weight excluding hydrogens is 324 g/mol. The molecule has 0 atom stereocenters. The van der Waals surface area contributed by atoms with E-state index in [2.05, 4.69) is 36.4 Å². The van der Waals surface area contributed by atoms with E-state index >= 15 is 0 Å². The molecule has 3 aromatic rings. The number of aryl methyl sites for hydroxylation is 2. The van der Waals surface area contributed by atoms with Crippen LogP contribution in [0.5, 0.6) is 0 Å². The van der Waals surface area contributed by atoms with Crippen LogP contribution in [0, 0.1) is 13.8 Å². The highest BCUT2D eigenvalue weighted by molar-refractivity contribution is 9.10. The van der Waals surface area contributed by atoms with Crippen LogP contribution in [0.1, 0.15) is 17.0 Å². The van der Waals surface area contributed by atoms with E-state index in [0.29, 0.717) is 6.54 Å². The van der Waals surface area contributed by atoms with Gasteiger partial charge in [-0.25, -0.2) is 4.79 Å². The average Bonchev–Trinajstić information content (AvgIpc) is 2.89. The molecule has 3 rings (SSSR count). The van der Waals surface area contributed by atoms with Gasteiger partial charge in [0.15, 0.2) is 0 Å². The zero-order chi connectivity index (χ0) is 14.3. The van der Waals surface area contributed by atoms with Crippen LogP contribution in [0.25, 0.3) is 11.0 Å². The summed E-state index contributed by atoms with van der Waals surface area (Å²) < 4.78 is 6.01. The minimum atomic E-state index is -0.213. The summed E-state index contributed by atoms with van der Waals surface area (Å²) in [5.74, 6) is 0.808. The number of nitrogens with one attached hydrogen (secondary N) is 3. The van der Waals surface area contributed by atoms with Crippen molar-refractivity contribution in [3.05, 3.63) is 44.1 Å². The van der Waals surface area contributed by atoms with Gasteiger partial charge >= 0.3 is 5.69 Å². The van der Waals surface area contributed by atoms with E-state index in [1.54, 1.807) is 0 Å². The SMILES string of the molecule is Cc1noc(C)c1CNc1cc2[nH]c(=O)[nH]c2cc1Br. The van der Waals surface area contributed by atoms with Gasteiger partial charge in [0.25, 0.3) is 0 Å². The molecule has 0 fully saturated rings. The number of H-pyrrole nitrogens is 2. The molecule has 0 aliphatic heterocycles. The molecule has 0 spiro atoms. The van der Waals surface area contributed by atoms with Crippen LogP contribution in [0.15, 0.2) is 25.9 Å². The van der Waals surface area contributed by atoms with E-state index < -0.39 is 0 Å². The Morgan fingerprint density at radius 1 is 1.30 bits per heavy atom. The van der Waals surface area contributed by atoms with Crippen molar-refractivity contribution in [3.63, 3.8) is 0 Å². The number of anilines is 1. The van der Waals surface area contributed by atoms with Crippen molar-refractivity contribution >= 4 is 32.7 Å². The third-order valence-electron chi connectivity index (χ3n) is 3.24. The summed E-state index contributed by atoms with van der Waals surface area (Å²) in [7, 11) is 0. The molecule has 3 N–H and O–H groups in total. The minimum Gasteiger partial charge on any atom is -0.380 e. The smallest absolute Gasteiger partial charge is 0.323 e. The molecular formula is C13H13BrN4O2. The summed E-state index contributed by atoms with van der Waals surface area (Å²) >= 11 is 3.49. The fraction of sp³-hybridized carbons (Fsp3) is 0.231. The van der Waals surface area contributed by atoms with Gasteiger partial charge in [-0.1, -0.05) is 5.16 Å². The monoisotopic (exact) mass is 336 g/mol. The first-order valence-electron chi connectivity index (χ1n) is 6.12. The molecule has 0 unspecified atom stereocenters. The summed E-state index contributed by atoms with van der Waals surface area (Å²) in [6, 6.07) is 3.75. The van der Waals surface area contributed by atoms with Gasteiger partial charge in [-0.2, -0.15) is 0 Å². The van der Waals surface area contributed by atoms with Gasteiger partial charge in [0.05, 0.1) is 22.4 Å². The number of aromatic amines is 2. The number of hydrogen-bond acceptors (Lipinski definition) is 4. The van der Waals surface area contributed by atoms with Crippen LogP contribution in [0.4, 0.5) is 5.69 Å². The molecule has 2 aromatic heterocycles. The number of aromatic nitrogens is 3. The van der Waals surface area contributed by atoms with E-state index in [1.165, 1.54) is 0 Å². The molecule has 0 saturated carbocycles. The van der Waals surface area contributed by atoms with E-state index in [4.69, 9.17) is 4.52 Å². The highest BCUT2D eigenvalue weighted by Crippen LogP contribution is 2.27. The minimum absolute atomic E-state index is 0.213. The normalized spacial score (nSPS) is 11.2. The van der Waals surface area contributed by atoms with E-state index in [0.717, 1.165) is 38.2 Å². The number of imidazole rings is 1. The standard InChI is InChI=1S/C13H13BrN4O2/c1-6-8(7(2)20-18-6)5-15-10-4-12-11(3-9(10)14)16-13(19)17-12/h3-4,15H,5H2,1-2H3,(H2,16,17,19). The highest BCUT2D eigenvalue weighted by atomic mass is 79.9. The maximum atomic E-state index is 11.3. The van der Waals surface area contributed by atoms with E-state index in [-0.39, 0.29) is 5.69 Å². The summed E-state index contributed by atoms with van der Waals surface area (Å²) in [6.45, 7) is 4.41. The zero-order valence-electron chi connectivity index (χ0n) is 11.0. The summed E-state index contributed by atoms with van der Waals surface area (Å²) in [6.07, 6.45) is 0. The molecule has 0 saturated heterocycles. The average molecular weight is 337 g/mol. The number of benzene rings is 1. The van der Waals surface area contributed by atoms with Gasteiger partial charge in [0.2, 0.25) is 0 Å². The topological polar surface area (TPSA) is 86.7 Å². The quantitative estimate of drug-likeness (QED) is 0.686.